The summed E-state index contributed by atoms with van der Waals surface area (Å²) in [6, 6.07) is 0.484. The molecule has 24 heavy (non-hydrogen) atoms. The Morgan fingerprint density at radius 1 is 1.21 bits per heavy atom. The van der Waals surface area contributed by atoms with Crippen LogP contribution in [-0.2, 0) is 6.18 Å². The van der Waals surface area contributed by atoms with Crippen LogP contribution in [0.3, 0.4) is 0 Å². The molecule has 0 aliphatic carbocycles. The third-order valence-corrected chi connectivity index (χ3v) is 3.16. The summed E-state index contributed by atoms with van der Waals surface area (Å²) in [5.74, 6) is -0.0462. The van der Waals surface area contributed by atoms with Crippen molar-refractivity contribution in [3.05, 3.63) is 37.9 Å². The van der Waals surface area contributed by atoms with Crippen molar-refractivity contribution in [1.29, 1.82) is 0 Å². The van der Waals surface area contributed by atoms with Gasteiger partial charge in [0, 0.05) is 17.8 Å². The molecule has 8 nitrogen and oxygen atoms in total. The number of hydrogen-bond acceptors (Lipinski definition) is 6. The molecule has 0 aromatic heterocycles. The maximum Gasteiger partial charge on any atom is 0.416 e. The number of hydrogen-bond donors (Lipinski definition) is 1. The van der Waals surface area contributed by atoms with E-state index < -0.39 is 38.6 Å². The quantitative estimate of drug-likeness (QED) is 0.466. The second-order valence-corrected chi connectivity index (χ2v) is 5.12. The van der Waals surface area contributed by atoms with Gasteiger partial charge in [0.05, 0.1) is 15.4 Å². The summed E-state index contributed by atoms with van der Waals surface area (Å²) >= 11 is 0. The van der Waals surface area contributed by atoms with Crippen LogP contribution in [0.4, 0.5) is 30.2 Å². The van der Waals surface area contributed by atoms with E-state index in [1.165, 1.54) is 0 Å². The highest BCUT2D eigenvalue weighted by atomic mass is 19.4. The SMILES string of the molecule is CC/C(=N/Nc1c([N+](=O)[O-])cc(C(F)(F)F)cc1[N+](=O)[O-])C(C)C. The number of halogens is 3. The minimum Gasteiger partial charge on any atom is -0.266 e. The molecule has 1 aromatic carbocycles. The molecule has 0 saturated heterocycles. The van der Waals surface area contributed by atoms with Gasteiger partial charge in [-0.15, -0.1) is 0 Å². The lowest BCUT2D eigenvalue weighted by Gasteiger charge is -2.11. The number of benzene rings is 1. The summed E-state index contributed by atoms with van der Waals surface area (Å²) in [4.78, 5) is 19.9. The highest BCUT2D eigenvalue weighted by Gasteiger charge is 2.37. The lowest BCUT2D eigenvalue weighted by atomic mass is 10.1. The maximum atomic E-state index is 12.8. The highest BCUT2D eigenvalue weighted by molar-refractivity contribution is 5.87. The molecule has 1 N–H and O–H groups in total. The van der Waals surface area contributed by atoms with E-state index in [9.17, 15) is 33.4 Å². The fourth-order valence-corrected chi connectivity index (χ4v) is 1.92. The van der Waals surface area contributed by atoms with Crippen LogP contribution in [0.15, 0.2) is 17.2 Å². The summed E-state index contributed by atoms with van der Waals surface area (Å²) in [5, 5.41) is 26.0. The summed E-state index contributed by atoms with van der Waals surface area (Å²) in [5.41, 5.74) is -1.56. The first-order valence-corrected chi connectivity index (χ1v) is 6.85. The molecule has 0 heterocycles. The lowest BCUT2D eigenvalue weighted by Crippen LogP contribution is -2.12. The molecule has 0 spiro atoms. The molecule has 132 valence electrons. The number of alkyl halides is 3. The Morgan fingerprint density at radius 3 is 1.96 bits per heavy atom. The molecule has 0 fully saturated rings. The van der Waals surface area contributed by atoms with Crippen LogP contribution in [0, 0.1) is 26.1 Å². The predicted molar refractivity (Wildman–Crippen MR) is 80.9 cm³/mol. The van der Waals surface area contributed by atoms with Gasteiger partial charge in [0.1, 0.15) is 0 Å². The van der Waals surface area contributed by atoms with Gasteiger partial charge in [0.2, 0.25) is 5.69 Å². The van der Waals surface area contributed by atoms with E-state index in [0.717, 1.165) is 0 Å². The third kappa shape index (κ3) is 4.40. The fourth-order valence-electron chi connectivity index (χ4n) is 1.92. The van der Waals surface area contributed by atoms with E-state index in [0.29, 0.717) is 12.1 Å². The molecule has 0 saturated carbocycles. The predicted octanol–water partition coefficient (Wildman–Crippen LogP) is 4.36. The fraction of sp³-hybridized carbons (Fsp3) is 0.462. The maximum absolute atomic E-state index is 12.8. The van der Waals surface area contributed by atoms with Crippen molar-refractivity contribution in [1.82, 2.24) is 0 Å². The van der Waals surface area contributed by atoms with Crippen molar-refractivity contribution in [2.45, 2.75) is 33.4 Å². The van der Waals surface area contributed by atoms with Crippen LogP contribution in [-0.4, -0.2) is 15.6 Å². The van der Waals surface area contributed by atoms with Crippen molar-refractivity contribution in [2.24, 2.45) is 11.0 Å². The van der Waals surface area contributed by atoms with Gasteiger partial charge in [0.25, 0.3) is 0 Å². The zero-order chi connectivity index (χ0) is 18.7. The van der Waals surface area contributed by atoms with E-state index in [-0.39, 0.29) is 18.1 Å². The number of nitro groups is 2. The zero-order valence-corrected chi connectivity index (χ0v) is 13.0. The van der Waals surface area contributed by atoms with Crippen LogP contribution in [0.1, 0.15) is 32.8 Å². The molecule has 1 rings (SSSR count). The normalized spacial score (nSPS) is 12.4. The lowest BCUT2D eigenvalue weighted by molar-refractivity contribution is -0.392. The average Bonchev–Trinajstić information content (AvgIpc) is 2.45. The second-order valence-electron chi connectivity index (χ2n) is 5.12. The summed E-state index contributed by atoms with van der Waals surface area (Å²) in [7, 11) is 0. The smallest absolute Gasteiger partial charge is 0.266 e. The number of nitro benzene ring substituents is 2. The number of nitrogens with zero attached hydrogens (tertiary/aromatic N) is 3. The molecule has 0 bridgehead atoms. The highest BCUT2D eigenvalue weighted by Crippen LogP contribution is 2.41. The van der Waals surface area contributed by atoms with Gasteiger partial charge in [-0.3, -0.25) is 25.7 Å². The van der Waals surface area contributed by atoms with Crippen molar-refractivity contribution < 1.29 is 23.0 Å². The van der Waals surface area contributed by atoms with Crippen LogP contribution in [0.25, 0.3) is 0 Å². The van der Waals surface area contributed by atoms with Crippen molar-refractivity contribution in [3.63, 3.8) is 0 Å². The number of anilines is 1. The molecule has 0 radical (unpaired) electrons. The van der Waals surface area contributed by atoms with E-state index in [1.807, 2.05) is 0 Å². The van der Waals surface area contributed by atoms with Crippen molar-refractivity contribution >= 4 is 22.8 Å². The average molecular weight is 348 g/mol. The van der Waals surface area contributed by atoms with Gasteiger partial charge >= 0.3 is 17.6 Å². The van der Waals surface area contributed by atoms with Crippen LogP contribution in [0.5, 0.6) is 0 Å². The molecular formula is C13H15F3N4O4. The van der Waals surface area contributed by atoms with Gasteiger partial charge in [-0.2, -0.15) is 18.3 Å². The van der Waals surface area contributed by atoms with E-state index in [2.05, 4.69) is 10.5 Å². The Balaban J connectivity index is 3.57. The number of nitrogens with one attached hydrogen (secondary N) is 1. The molecule has 0 unspecified atom stereocenters. The monoisotopic (exact) mass is 348 g/mol. The summed E-state index contributed by atoms with van der Waals surface area (Å²) < 4.78 is 38.4. The molecule has 0 atom stereocenters. The second kappa shape index (κ2) is 7.23. The standard InChI is InChI=1S/C13H15F3N4O4/c1-4-9(7(2)3)17-18-12-10(19(21)22)5-8(13(14,15)16)6-11(12)20(23)24/h5-7,18H,4H2,1-3H3/b17-9-. The number of rotatable bonds is 6. The van der Waals surface area contributed by atoms with Crippen LogP contribution in [0.2, 0.25) is 0 Å². The molecule has 11 heteroatoms. The van der Waals surface area contributed by atoms with Gasteiger partial charge in [-0.1, -0.05) is 20.8 Å². The topological polar surface area (TPSA) is 111 Å². The van der Waals surface area contributed by atoms with Gasteiger partial charge in [-0.25, -0.2) is 0 Å². The number of hydrazone groups is 1. The van der Waals surface area contributed by atoms with Crippen molar-refractivity contribution in [3.8, 4) is 0 Å². The largest absolute Gasteiger partial charge is 0.416 e. The Morgan fingerprint density at radius 2 is 1.67 bits per heavy atom. The van der Waals surface area contributed by atoms with Gasteiger partial charge in [0.15, 0.2) is 0 Å². The van der Waals surface area contributed by atoms with E-state index >= 15 is 0 Å². The Labute approximate surface area is 134 Å². The first-order valence-electron chi connectivity index (χ1n) is 6.85. The molecular weight excluding hydrogens is 333 g/mol. The van der Waals surface area contributed by atoms with Gasteiger partial charge < -0.3 is 0 Å². The van der Waals surface area contributed by atoms with Crippen molar-refractivity contribution in [2.75, 3.05) is 5.43 Å². The Kier molecular flexibility index (Phi) is 5.83. The minimum atomic E-state index is -4.95. The van der Waals surface area contributed by atoms with E-state index in [4.69, 9.17) is 0 Å². The van der Waals surface area contributed by atoms with Crippen LogP contribution >= 0.6 is 0 Å². The molecule has 1 aromatic rings. The first-order chi connectivity index (χ1) is 11.0. The zero-order valence-electron chi connectivity index (χ0n) is 13.0. The van der Waals surface area contributed by atoms with Gasteiger partial charge in [-0.05, 0) is 12.3 Å². The summed E-state index contributed by atoms with van der Waals surface area (Å²) in [6.07, 6.45) is -4.49. The summed E-state index contributed by atoms with van der Waals surface area (Å²) in [6.45, 7) is 5.34. The Bertz CT molecular complexity index is 651. The molecule has 0 aliphatic rings. The Hall–Kier alpha value is -2.72. The van der Waals surface area contributed by atoms with Crippen LogP contribution < -0.4 is 5.43 Å². The minimum absolute atomic E-state index is 0.0462. The molecule has 0 aliphatic heterocycles. The van der Waals surface area contributed by atoms with E-state index in [1.54, 1.807) is 20.8 Å². The molecule has 0 amide bonds. The first kappa shape index (κ1) is 19.3. The third-order valence-electron chi connectivity index (χ3n) is 3.16.